The molecule has 0 spiro atoms. The normalized spacial score (nSPS) is 10.8. The van der Waals surface area contributed by atoms with E-state index in [1.54, 1.807) is 0 Å². The summed E-state index contributed by atoms with van der Waals surface area (Å²) in [5.41, 5.74) is 0. The molecule has 86 valence electrons. The first-order chi connectivity index (χ1) is 7.38. The summed E-state index contributed by atoms with van der Waals surface area (Å²) >= 11 is 0. The van der Waals surface area contributed by atoms with Crippen LogP contribution in [-0.2, 0) is 13.0 Å². The minimum atomic E-state index is 1.03. The number of nitrogens with one attached hydrogen (secondary N) is 1. The molecular weight excluding hydrogens is 186 g/mol. The fraction of sp³-hybridized carbons (Fsp3) is 0.750. The molecule has 1 aromatic rings. The number of hydrogen-bond donors (Lipinski definition) is 1. The van der Waals surface area contributed by atoms with Crippen LogP contribution in [0, 0.1) is 0 Å². The molecule has 1 heterocycles. The first-order valence-corrected chi connectivity index (χ1v) is 6.09. The Kier molecular flexibility index (Phi) is 6.09. The van der Waals surface area contributed by atoms with Crippen LogP contribution >= 0.6 is 0 Å². The topological polar surface area (TPSA) is 29.9 Å². The highest BCUT2D eigenvalue weighted by atomic mass is 15.1. The van der Waals surface area contributed by atoms with E-state index in [9.17, 15) is 0 Å². The number of aryl methyl sites for hydroxylation is 2. The van der Waals surface area contributed by atoms with Gasteiger partial charge in [0.1, 0.15) is 5.82 Å². The van der Waals surface area contributed by atoms with Gasteiger partial charge >= 0.3 is 0 Å². The number of unbranched alkanes of at least 4 members (excludes halogenated alkanes) is 1. The summed E-state index contributed by atoms with van der Waals surface area (Å²) in [6, 6.07) is 0. The lowest BCUT2D eigenvalue weighted by molar-refractivity contribution is 0.555. The van der Waals surface area contributed by atoms with Crippen molar-refractivity contribution in [2.45, 2.75) is 46.1 Å². The Labute approximate surface area is 92.9 Å². The molecule has 0 saturated heterocycles. The second-order valence-electron chi connectivity index (χ2n) is 3.85. The summed E-state index contributed by atoms with van der Waals surface area (Å²) < 4.78 is 2.26. The lowest BCUT2D eigenvalue weighted by Crippen LogP contribution is -2.16. The molecule has 0 fully saturated rings. The van der Waals surface area contributed by atoms with E-state index in [1.165, 1.54) is 25.1 Å². The highest BCUT2D eigenvalue weighted by Gasteiger charge is 1.98. The molecule has 0 radical (unpaired) electrons. The second kappa shape index (κ2) is 7.46. The summed E-state index contributed by atoms with van der Waals surface area (Å²) in [5, 5.41) is 3.42. The van der Waals surface area contributed by atoms with Crippen LogP contribution in [-0.4, -0.2) is 22.6 Å². The summed E-state index contributed by atoms with van der Waals surface area (Å²) in [7, 11) is 0. The van der Waals surface area contributed by atoms with Crippen molar-refractivity contribution in [1.82, 2.24) is 14.9 Å². The molecular formula is C12H23N3. The zero-order valence-electron chi connectivity index (χ0n) is 10.00. The molecule has 3 nitrogen and oxygen atoms in total. The van der Waals surface area contributed by atoms with Gasteiger partial charge in [0.2, 0.25) is 0 Å². The van der Waals surface area contributed by atoms with Crippen molar-refractivity contribution in [3.05, 3.63) is 18.2 Å². The Bertz CT molecular complexity index is 255. The highest BCUT2D eigenvalue weighted by Crippen LogP contribution is 2.01. The number of hydrogen-bond acceptors (Lipinski definition) is 2. The minimum Gasteiger partial charge on any atom is -0.335 e. The van der Waals surface area contributed by atoms with Crippen molar-refractivity contribution in [1.29, 1.82) is 0 Å². The second-order valence-corrected chi connectivity index (χ2v) is 3.85. The third-order valence-electron chi connectivity index (χ3n) is 2.55. The molecule has 0 aromatic carbocycles. The van der Waals surface area contributed by atoms with Crippen molar-refractivity contribution in [2.24, 2.45) is 0 Å². The fourth-order valence-electron chi connectivity index (χ4n) is 1.69. The van der Waals surface area contributed by atoms with Crippen LogP contribution in [0.15, 0.2) is 12.4 Å². The van der Waals surface area contributed by atoms with Gasteiger partial charge in [0.25, 0.3) is 0 Å². The molecule has 0 unspecified atom stereocenters. The largest absolute Gasteiger partial charge is 0.335 e. The van der Waals surface area contributed by atoms with E-state index in [2.05, 4.69) is 34.9 Å². The summed E-state index contributed by atoms with van der Waals surface area (Å²) in [6.07, 6.45) is 8.72. The Balaban J connectivity index is 2.09. The molecule has 0 atom stereocenters. The molecule has 3 heteroatoms. The summed E-state index contributed by atoms with van der Waals surface area (Å²) in [4.78, 5) is 4.31. The zero-order valence-corrected chi connectivity index (χ0v) is 10.00. The molecule has 0 saturated carbocycles. The van der Waals surface area contributed by atoms with Crippen molar-refractivity contribution < 1.29 is 0 Å². The maximum Gasteiger partial charge on any atom is 0.108 e. The molecule has 0 bridgehead atoms. The van der Waals surface area contributed by atoms with Crippen LogP contribution in [0.25, 0.3) is 0 Å². The summed E-state index contributed by atoms with van der Waals surface area (Å²) in [5.74, 6) is 1.21. The lowest BCUT2D eigenvalue weighted by atomic mass is 10.3. The van der Waals surface area contributed by atoms with E-state index in [4.69, 9.17) is 0 Å². The third-order valence-corrected chi connectivity index (χ3v) is 2.55. The van der Waals surface area contributed by atoms with Crippen LogP contribution in [0.1, 0.15) is 38.9 Å². The quantitative estimate of drug-likeness (QED) is 0.665. The number of nitrogens with zero attached hydrogens (tertiary/aromatic N) is 2. The number of imidazole rings is 1. The van der Waals surface area contributed by atoms with Gasteiger partial charge in [-0.25, -0.2) is 4.98 Å². The van der Waals surface area contributed by atoms with Crippen LogP contribution in [0.3, 0.4) is 0 Å². The fourth-order valence-corrected chi connectivity index (χ4v) is 1.69. The first-order valence-electron chi connectivity index (χ1n) is 6.09. The highest BCUT2D eigenvalue weighted by molar-refractivity contribution is 4.91. The van der Waals surface area contributed by atoms with Gasteiger partial charge in [-0.3, -0.25) is 0 Å². The van der Waals surface area contributed by atoms with Gasteiger partial charge in [0.05, 0.1) is 0 Å². The molecule has 15 heavy (non-hydrogen) atoms. The molecule has 0 aliphatic heterocycles. The molecule has 0 aliphatic carbocycles. The van der Waals surface area contributed by atoms with Gasteiger partial charge in [0, 0.05) is 25.4 Å². The molecule has 1 N–H and O–H groups in total. The Morgan fingerprint density at radius 3 is 2.87 bits per heavy atom. The van der Waals surface area contributed by atoms with Crippen molar-refractivity contribution in [2.75, 3.05) is 13.1 Å². The SMILES string of the molecule is CCCNCCCCn1ccnc1CC. The smallest absolute Gasteiger partial charge is 0.108 e. The van der Waals surface area contributed by atoms with Crippen molar-refractivity contribution in [3.8, 4) is 0 Å². The van der Waals surface area contributed by atoms with Crippen molar-refractivity contribution in [3.63, 3.8) is 0 Å². The van der Waals surface area contributed by atoms with Gasteiger partial charge in [-0.2, -0.15) is 0 Å². The van der Waals surface area contributed by atoms with E-state index < -0.39 is 0 Å². The van der Waals surface area contributed by atoms with Crippen LogP contribution in [0.2, 0.25) is 0 Å². The zero-order chi connectivity index (χ0) is 10.9. The average molecular weight is 209 g/mol. The van der Waals surface area contributed by atoms with Crippen LogP contribution in [0.4, 0.5) is 0 Å². The molecule has 1 rings (SSSR count). The maximum atomic E-state index is 4.31. The lowest BCUT2D eigenvalue weighted by Gasteiger charge is -2.06. The standard InChI is InChI=1S/C12H23N3/c1-3-7-13-8-5-6-10-15-11-9-14-12(15)4-2/h9,11,13H,3-8,10H2,1-2H3. The van der Waals surface area contributed by atoms with E-state index >= 15 is 0 Å². The molecule has 0 aliphatic rings. The predicted octanol–water partition coefficient (Wildman–Crippen LogP) is 2.23. The van der Waals surface area contributed by atoms with E-state index in [1.807, 2.05) is 6.20 Å². The third kappa shape index (κ3) is 4.47. The van der Waals surface area contributed by atoms with E-state index in [0.29, 0.717) is 0 Å². The number of aromatic nitrogens is 2. The van der Waals surface area contributed by atoms with Crippen LogP contribution in [0.5, 0.6) is 0 Å². The summed E-state index contributed by atoms with van der Waals surface area (Å²) in [6.45, 7) is 7.75. The van der Waals surface area contributed by atoms with Crippen molar-refractivity contribution >= 4 is 0 Å². The predicted molar refractivity (Wildman–Crippen MR) is 64.0 cm³/mol. The van der Waals surface area contributed by atoms with Gasteiger partial charge in [-0.15, -0.1) is 0 Å². The first kappa shape index (κ1) is 12.2. The average Bonchev–Trinajstić information content (AvgIpc) is 2.70. The van der Waals surface area contributed by atoms with Gasteiger partial charge in [-0.1, -0.05) is 13.8 Å². The maximum absolute atomic E-state index is 4.31. The van der Waals surface area contributed by atoms with Gasteiger partial charge in [-0.05, 0) is 32.4 Å². The van der Waals surface area contributed by atoms with E-state index in [-0.39, 0.29) is 0 Å². The van der Waals surface area contributed by atoms with E-state index in [0.717, 1.165) is 26.1 Å². The molecule has 0 amide bonds. The van der Waals surface area contributed by atoms with Gasteiger partial charge in [0.15, 0.2) is 0 Å². The Hall–Kier alpha value is -0.830. The Morgan fingerprint density at radius 2 is 2.13 bits per heavy atom. The van der Waals surface area contributed by atoms with Gasteiger partial charge < -0.3 is 9.88 Å². The number of rotatable bonds is 8. The molecule has 1 aromatic heterocycles. The monoisotopic (exact) mass is 209 g/mol. The van der Waals surface area contributed by atoms with Crippen LogP contribution < -0.4 is 5.32 Å². The minimum absolute atomic E-state index is 1.03. The Morgan fingerprint density at radius 1 is 1.27 bits per heavy atom.